The van der Waals surface area contributed by atoms with Gasteiger partial charge >= 0.3 is 0 Å². The van der Waals surface area contributed by atoms with Crippen LogP contribution < -0.4 is 10.5 Å². The quantitative estimate of drug-likeness (QED) is 0.589. The molecule has 21 heavy (non-hydrogen) atoms. The molecule has 0 aliphatic carbocycles. The van der Waals surface area contributed by atoms with Crippen LogP contribution in [0.2, 0.25) is 0 Å². The number of nitrogens with two attached hydrogens (primary N) is 1. The van der Waals surface area contributed by atoms with Gasteiger partial charge in [-0.25, -0.2) is 0 Å². The van der Waals surface area contributed by atoms with Crippen molar-refractivity contribution in [2.24, 2.45) is 5.73 Å². The van der Waals surface area contributed by atoms with Gasteiger partial charge < -0.3 is 15.3 Å². The molecule has 0 heterocycles. The first-order chi connectivity index (χ1) is 10.0. The maximum absolute atomic E-state index is 11.7. The van der Waals surface area contributed by atoms with E-state index in [0.717, 1.165) is 12.2 Å². The first-order valence-electron chi connectivity index (χ1n) is 7.50. The van der Waals surface area contributed by atoms with Crippen molar-refractivity contribution in [3.8, 4) is 5.75 Å². The number of hydrogen-bond acceptors (Lipinski definition) is 4. The number of carbonyl (C=O) groups excluding carboxylic acids is 2. The number of Topliss-reactive ketones (excluding diaryl/α,β-unsaturated/α-hetero) is 2. The van der Waals surface area contributed by atoms with E-state index in [0.29, 0.717) is 25.1 Å². The van der Waals surface area contributed by atoms with Gasteiger partial charge in [0.15, 0.2) is 5.78 Å². The van der Waals surface area contributed by atoms with Crippen LogP contribution in [0.3, 0.4) is 0 Å². The molecule has 0 radical (unpaired) electrons. The largest absolute Gasteiger partial charge is 0.494 e. The Bertz CT molecular complexity index is 413. The molecular weight excluding hydrogens is 266 g/mol. The van der Waals surface area contributed by atoms with E-state index in [9.17, 15) is 9.59 Å². The normalized spacial score (nSPS) is 9.52. The van der Waals surface area contributed by atoms with Gasteiger partial charge in [0.05, 0.1) is 6.61 Å². The number of rotatable bonds is 8. The van der Waals surface area contributed by atoms with Gasteiger partial charge in [-0.05, 0) is 44.2 Å². The minimum atomic E-state index is -0.0151. The Morgan fingerprint density at radius 1 is 1.10 bits per heavy atom. The fraction of sp³-hybridized carbons (Fsp3) is 0.529. The molecule has 0 atom stereocenters. The summed E-state index contributed by atoms with van der Waals surface area (Å²) >= 11 is 0. The highest BCUT2D eigenvalue weighted by Crippen LogP contribution is 2.14. The van der Waals surface area contributed by atoms with E-state index < -0.39 is 0 Å². The van der Waals surface area contributed by atoms with Crippen LogP contribution >= 0.6 is 0 Å². The molecule has 4 nitrogen and oxygen atoms in total. The number of ketones is 2. The summed E-state index contributed by atoms with van der Waals surface area (Å²) in [5, 5.41) is 0. The second-order valence-corrected chi connectivity index (χ2v) is 4.85. The van der Waals surface area contributed by atoms with Crippen molar-refractivity contribution < 1.29 is 14.3 Å². The predicted molar refractivity (Wildman–Crippen MR) is 85.8 cm³/mol. The first-order valence-corrected chi connectivity index (χ1v) is 7.50. The monoisotopic (exact) mass is 293 g/mol. The molecule has 0 aromatic heterocycles. The second kappa shape index (κ2) is 12.1. The smallest absolute Gasteiger partial charge is 0.163 e. The zero-order chi connectivity index (χ0) is 16.1. The Morgan fingerprint density at radius 3 is 2.14 bits per heavy atom. The summed E-state index contributed by atoms with van der Waals surface area (Å²) < 4.78 is 5.43. The van der Waals surface area contributed by atoms with Gasteiger partial charge in [0, 0.05) is 18.4 Å². The molecule has 4 heteroatoms. The van der Waals surface area contributed by atoms with Crippen LogP contribution in [0, 0.1) is 0 Å². The van der Waals surface area contributed by atoms with E-state index in [-0.39, 0.29) is 18.0 Å². The Morgan fingerprint density at radius 2 is 1.67 bits per heavy atom. The molecular formula is C17H27NO3. The molecule has 0 unspecified atom stereocenters. The molecule has 0 spiro atoms. The van der Waals surface area contributed by atoms with Crippen molar-refractivity contribution in [1.29, 1.82) is 0 Å². The molecule has 1 aromatic carbocycles. The number of hydrogen-bond donors (Lipinski definition) is 1. The number of carbonyl (C=O) groups is 2. The van der Waals surface area contributed by atoms with Gasteiger partial charge in [-0.1, -0.05) is 20.3 Å². The van der Waals surface area contributed by atoms with Crippen LogP contribution in [0.25, 0.3) is 0 Å². The zero-order valence-corrected chi connectivity index (χ0v) is 13.4. The lowest BCUT2D eigenvalue weighted by atomic mass is 10.1. The van der Waals surface area contributed by atoms with Crippen molar-refractivity contribution in [3.63, 3.8) is 0 Å². The SMILES string of the molecule is CC(=O)CCC(=O)c1ccc(OCCCN)cc1.CCC. The third kappa shape index (κ3) is 9.79. The lowest BCUT2D eigenvalue weighted by molar-refractivity contribution is -0.116. The summed E-state index contributed by atoms with van der Waals surface area (Å²) in [5.74, 6) is 0.746. The van der Waals surface area contributed by atoms with Gasteiger partial charge in [-0.2, -0.15) is 0 Å². The first kappa shape index (κ1) is 19.3. The van der Waals surface area contributed by atoms with Crippen LogP contribution in [0.4, 0.5) is 0 Å². The summed E-state index contributed by atoms with van der Waals surface area (Å²) in [6, 6.07) is 6.97. The van der Waals surface area contributed by atoms with E-state index in [2.05, 4.69) is 13.8 Å². The second-order valence-electron chi connectivity index (χ2n) is 4.85. The fourth-order valence-electron chi connectivity index (χ4n) is 1.44. The summed E-state index contributed by atoms with van der Waals surface area (Å²) in [6.45, 7) is 6.91. The van der Waals surface area contributed by atoms with Gasteiger partial charge in [0.1, 0.15) is 11.5 Å². The molecule has 0 saturated carbocycles. The van der Waals surface area contributed by atoms with Gasteiger partial charge in [0.25, 0.3) is 0 Å². The van der Waals surface area contributed by atoms with E-state index in [1.807, 2.05) is 0 Å². The minimum absolute atomic E-state index is 0.0151. The number of benzene rings is 1. The molecule has 0 aliphatic heterocycles. The predicted octanol–water partition coefficient (Wildman–Crippen LogP) is 3.38. The summed E-state index contributed by atoms with van der Waals surface area (Å²) in [7, 11) is 0. The molecule has 0 saturated heterocycles. The van der Waals surface area contributed by atoms with Gasteiger partial charge in [-0.3, -0.25) is 4.79 Å². The Balaban J connectivity index is 0.00000122. The zero-order valence-electron chi connectivity index (χ0n) is 13.4. The van der Waals surface area contributed by atoms with Gasteiger partial charge in [0.2, 0.25) is 0 Å². The standard InChI is InChI=1S/C14H19NO3.C3H8/c1-11(16)3-8-14(17)12-4-6-13(7-5-12)18-10-2-9-15;1-3-2/h4-7H,2-3,8-10,15H2,1H3;3H2,1-2H3. The average molecular weight is 293 g/mol. The Labute approximate surface area is 127 Å². The van der Waals surface area contributed by atoms with Crippen LogP contribution in [-0.2, 0) is 4.79 Å². The molecule has 1 rings (SSSR count). The van der Waals surface area contributed by atoms with Crippen molar-refractivity contribution in [3.05, 3.63) is 29.8 Å². The highest BCUT2D eigenvalue weighted by molar-refractivity contribution is 5.98. The van der Waals surface area contributed by atoms with Crippen LogP contribution in [0.5, 0.6) is 5.75 Å². The molecule has 2 N–H and O–H groups in total. The van der Waals surface area contributed by atoms with E-state index in [4.69, 9.17) is 10.5 Å². The Kier molecular flexibility index (Phi) is 11.1. The third-order valence-electron chi connectivity index (χ3n) is 2.50. The summed E-state index contributed by atoms with van der Waals surface area (Å²) in [6.07, 6.45) is 2.62. The fourth-order valence-corrected chi connectivity index (χ4v) is 1.44. The van der Waals surface area contributed by atoms with Crippen LogP contribution in [0.1, 0.15) is 56.8 Å². The van der Waals surface area contributed by atoms with E-state index >= 15 is 0 Å². The molecule has 118 valence electrons. The average Bonchev–Trinajstić information content (AvgIpc) is 2.46. The molecule has 0 aliphatic rings. The lowest BCUT2D eigenvalue weighted by Gasteiger charge is -2.06. The van der Waals surface area contributed by atoms with Crippen LogP contribution in [-0.4, -0.2) is 24.7 Å². The van der Waals surface area contributed by atoms with Gasteiger partial charge in [-0.15, -0.1) is 0 Å². The lowest BCUT2D eigenvalue weighted by Crippen LogP contribution is -2.06. The summed E-state index contributed by atoms with van der Waals surface area (Å²) in [5.41, 5.74) is 5.98. The Hall–Kier alpha value is -1.68. The summed E-state index contributed by atoms with van der Waals surface area (Å²) in [4.78, 5) is 22.5. The number of ether oxygens (including phenoxy) is 1. The van der Waals surface area contributed by atoms with Crippen LogP contribution in [0.15, 0.2) is 24.3 Å². The third-order valence-corrected chi connectivity index (χ3v) is 2.50. The van der Waals surface area contributed by atoms with Crippen molar-refractivity contribution in [2.45, 2.75) is 46.5 Å². The van der Waals surface area contributed by atoms with Crippen molar-refractivity contribution in [1.82, 2.24) is 0 Å². The molecule has 1 aromatic rings. The van der Waals surface area contributed by atoms with E-state index in [1.54, 1.807) is 24.3 Å². The van der Waals surface area contributed by atoms with Crippen molar-refractivity contribution >= 4 is 11.6 Å². The highest BCUT2D eigenvalue weighted by Gasteiger charge is 2.07. The maximum Gasteiger partial charge on any atom is 0.163 e. The maximum atomic E-state index is 11.7. The van der Waals surface area contributed by atoms with Crippen molar-refractivity contribution in [2.75, 3.05) is 13.2 Å². The minimum Gasteiger partial charge on any atom is -0.494 e. The molecule has 0 bridgehead atoms. The topological polar surface area (TPSA) is 69.4 Å². The molecule has 0 fully saturated rings. The molecule has 0 amide bonds. The highest BCUT2D eigenvalue weighted by atomic mass is 16.5. The van der Waals surface area contributed by atoms with E-state index in [1.165, 1.54) is 13.3 Å².